The number of rotatable bonds is 7. The molecule has 106 valence electrons. The van der Waals surface area contributed by atoms with Crippen molar-refractivity contribution in [2.45, 2.75) is 33.0 Å². The Morgan fingerprint density at radius 3 is 2.58 bits per heavy atom. The lowest BCUT2D eigenvalue weighted by atomic mass is 10.1. The molecule has 2 atom stereocenters. The molecule has 2 unspecified atom stereocenters. The van der Waals surface area contributed by atoms with Crippen molar-refractivity contribution in [3.05, 3.63) is 33.8 Å². The second-order valence-electron chi connectivity index (χ2n) is 4.24. The van der Waals surface area contributed by atoms with Crippen LogP contribution >= 0.6 is 23.2 Å². The van der Waals surface area contributed by atoms with Crippen molar-refractivity contribution in [1.29, 1.82) is 0 Å². The Kier molecular flexibility index (Phi) is 6.80. The van der Waals surface area contributed by atoms with Gasteiger partial charge in [0, 0.05) is 17.2 Å². The van der Waals surface area contributed by atoms with Crippen LogP contribution in [-0.4, -0.2) is 31.2 Å². The summed E-state index contributed by atoms with van der Waals surface area (Å²) >= 11 is 11.8. The molecule has 0 aliphatic rings. The van der Waals surface area contributed by atoms with Gasteiger partial charge in [-0.1, -0.05) is 23.2 Å². The fourth-order valence-electron chi connectivity index (χ4n) is 1.64. The van der Waals surface area contributed by atoms with E-state index in [4.69, 9.17) is 32.7 Å². The van der Waals surface area contributed by atoms with Crippen molar-refractivity contribution in [2.24, 2.45) is 0 Å². The number of halogens is 2. The van der Waals surface area contributed by atoms with Crippen molar-refractivity contribution < 1.29 is 14.3 Å². The Hall–Kier alpha value is -0.610. The summed E-state index contributed by atoms with van der Waals surface area (Å²) in [5.74, 6) is -0.162. The maximum atomic E-state index is 12.2. The number of carbonyl (C=O) groups is 1. The molecule has 0 aliphatic carbocycles. The number of benzene rings is 1. The summed E-state index contributed by atoms with van der Waals surface area (Å²) in [6.45, 7) is 6.56. The molecular weight excluding hydrogens is 287 g/mol. The van der Waals surface area contributed by atoms with Crippen LogP contribution in [0.1, 0.15) is 31.1 Å². The summed E-state index contributed by atoms with van der Waals surface area (Å²) in [7, 11) is 0. The van der Waals surface area contributed by atoms with Crippen LogP contribution in [0.15, 0.2) is 18.2 Å². The zero-order valence-corrected chi connectivity index (χ0v) is 12.8. The van der Waals surface area contributed by atoms with Crippen molar-refractivity contribution >= 4 is 29.0 Å². The average molecular weight is 305 g/mol. The molecule has 0 radical (unpaired) electrons. The summed E-state index contributed by atoms with van der Waals surface area (Å²) in [5, 5.41) is 0.838. The van der Waals surface area contributed by atoms with Crippen molar-refractivity contribution in [1.82, 2.24) is 0 Å². The highest BCUT2D eigenvalue weighted by molar-refractivity contribution is 6.37. The van der Waals surface area contributed by atoms with Crippen molar-refractivity contribution in [3.63, 3.8) is 0 Å². The number of ketones is 1. The van der Waals surface area contributed by atoms with Crippen LogP contribution in [0.3, 0.4) is 0 Å². The zero-order chi connectivity index (χ0) is 14.4. The predicted octanol–water partition coefficient (Wildman–Crippen LogP) is 4.01. The molecule has 0 saturated carbocycles. The zero-order valence-electron chi connectivity index (χ0n) is 11.3. The van der Waals surface area contributed by atoms with Gasteiger partial charge in [0.2, 0.25) is 0 Å². The molecular formula is C14H18Cl2O3. The second kappa shape index (κ2) is 7.85. The van der Waals surface area contributed by atoms with Gasteiger partial charge in [-0.3, -0.25) is 4.79 Å². The van der Waals surface area contributed by atoms with Crippen molar-refractivity contribution in [3.8, 4) is 0 Å². The smallest absolute Gasteiger partial charge is 0.192 e. The molecule has 0 aliphatic heterocycles. The Bertz CT molecular complexity index is 435. The van der Waals surface area contributed by atoms with Crippen LogP contribution in [0, 0.1) is 0 Å². The van der Waals surface area contributed by atoms with Crippen LogP contribution in [0.4, 0.5) is 0 Å². The van der Waals surface area contributed by atoms with Gasteiger partial charge >= 0.3 is 0 Å². The first-order chi connectivity index (χ1) is 8.95. The lowest BCUT2D eigenvalue weighted by molar-refractivity contribution is -0.0296. The molecule has 5 heteroatoms. The third-order valence-corrected chi connectivity index (χ3v) is 3.11. The van der Waals surface area contributed by atoms with Gasteiger partial charge in [0.05, 0.1) is 17.7 Å². The first kappa shape index (κ1) is 16.4. The van der Waals surface area contributed by atoms with E-state index in [-0.39, 0.29) is 11.9 Å². The standard InChI is InChI=1S/C14H18Cl2O3/c1-4-18-8-9(2)19-10(3)14(17)12-6-5-11(15)7-13(12)16/h5-7,9-10H,4,8H2,1-3H3. The summed E-state index contributed by atoms with van der Waals surface area (Å²) in [5.41, 5.74) is 0.419. The quantitative estimate of drug-likeness (QED) is 0.714. The Balaban J connectivity index is 2.66. The third-order valence-electron chi connectivity index (χ3n) is 2.56. The minimum Gasteiger partial charge on any atom is -0.379 e. The third kappa shape index (κ3) is 5.11. The first-order valence-electron chi connectivity index (χ1n) is 6.18. The van der Waals surface area contributed by atoms with E-state index < -0.39 is 6.10 Å². The molecule has 0 heterocycles. The molecule has 0 N–H and O–H groups in total. The molecule has 0 fully saturated rings. The highest BCUT2D eigenvalue weighted by atomic mass is 35.5. The SMILES string of the molecule is CCOCC(C)OC(C)C(=O)c1ccc(Cl)cc1Cl. The van der Waals surface area contributed by atoms with Gasteiger partial charge in [0.1, 0.15) is 6.10 Å². The van der Waals surface area contributed by atoms with Gasteiger partial charge in [-0.15, -0.1) is 0 Å². The van der Waals surface area contributed by atoms with Crippen LogP contribution < -0.4 is 0 Å². The molecule has 0 aromatic heterocycles. The first-order valence-corrected chi connectivity index (χ1v) is 6.93. The largest absolute Gasteiger partial charge is 0.379 e. The monoisotopic (exact) mass is 304 g/mol. The normalized spacial score (nSPS) is 14.2. The summed E-state index contributed by atoms with van der Waals surface area (Å²) in [6, 6.07) is 4.80. The highest BCUT2D eigenvalue weighted by Gasteiger charge is 2.20. The van der Waals surface area contributed by atoms with Gasteiger partial charge < -0.3 is 9.47 Å². The van der Waals surface area contributed by atoms with E-state index in [1.165, 1.54) is 0 Å². The molecule has 0 spiro atoms. The summed E-state index contributed by atoms with van der Waals surface area (Å²) < 4.78 is 10.8. The lowest BCUT2D eigenvalue weighted by Gasteiger charge is -2.18. The Morgan fingerprint density at radius 1 is 1.32 bits per heavy atom. The van der Waals surface area contributed by atoms with Crippen LogP contribution in [0.25, 0.3) is 0 Å². The van der Waals surface area contributed by atoms with Crippen LogP contribution in [-0.2, 0) is 9.47 Å². The fraction of sp³-hybridized carbons (Fsp3) is 0.500. The number of hydrogen-bond donors (Lipinski definition) is 0. The predicted molar refractivity (Wildman–Crippen MR) is 77.3 cm³/mol. The van der Waals surface area contributed by atoms with Gasteiger partial charge in [-0.25, -0.2) is 0 Å². The maximum Gasteiger partial charge on any atom is 0.192 e. The second-order valence-corrected chi connectivity index (χ2v) is 5.08. The van der Waals surface area contributed by atoms with Gasteiger partial charge in [-0.2, -0.15) is 0 Å². The Labute approximate surface area is 123 Å². The maximum absolute atomic E-state index is 12.2. The van der Waals surface area contributed by atoms with E-state index in [0.717, 1.165) is 0 Å². The van der Waals surface area contributed by atoms with E-state index in [1.54, 1.807) is 25.1 Å². The van der Waals surface area contributed by atoms with E-state index >= 15 is 0 Å². The number of Topliss-reactive ketones (excluding diaryl/α,β-unsaturated/α-hetero) is 1. The Morgan fingerprint density at radius 2 is 2.00 bits per heavy atom. The van der Waals surface area contributed by atoms with Gasteiger partial charge in [-0.05, 0) is 39.0 Å². The molecule has 1 aromatic rings. The van der Waals surface area contributed by atoms with Gasteiger partial charge in [0.25, 0.3) is 0 Å². The molecule has 1 rings (SSSR count). The van der Waals surface area contributed by atoms with E-state index in [1.807, 2.05) is 13.8 Å². The van der Waals surface area contributed by atoms with E-state index in [0.29, 0.717) is 28.8 Å². The van der Waals surface area contributed by atoms with Crippen LogP contribution in [0.2, 0.25) is 10.0 Å². The molecule has 0 saturated heterocycles. The topological polar surface area (TPSA) is 35.5 Å². The van der Waals surface area contributed by atoms with E-state index in [9.17, 15) is 4.79 Å². The average Bonchev–Trinajstić information content (AvgIpc) is 2.35. The van der Waals surface area contributed by atoms with Gasteiger partial charge in [0.15, 0.2) is 5.78 Å². The summed E-state index contributed by atoms with van der Waals surface area (Å²) in [6.07, 6.45) is -0.723. The van der Waals surface area contributed by atoms with Crippen LogP contribution in [0.5, 0.6) is 0 Å². The molecule has 1 aromatic carbocycles. The van der Waals surface area contributed by atoms with Crippen molar-refractivity contribution in [2.75, 3.05) is 13.2 Å². The summed E-state index contributed by atoms with van der Waals surface area (Å²) in [4.78, 5) is 12.2. The molecule has 0 amide bonds. The lowest BCUT2D eigenvalue weighted by Crippen LogP contribution is -2.28. The molecule has 0 bridgehead atoms. The molecule has 19 heavy (non-hydrogen) atoms. The number of ether oxygens (including phenoxy) is 2. The fourth-order valence-corrected chi connectivity index (χ4v) is 2.14. The molecule has 3 nitrogen and oxygen atoms in total. The minimum atomic E-state index is -0.575. The minimum absolute atomic E-state index is 0.148. The highest BCUT2D eigenvalue weighted by Crippen LogP contribution is 2.23. The number of carbonyl (C=O) groups excluding carboxylic acids is 1. The van der Waals surface area contributed by atoms with E-state index in [2.05, 4.69) is 0 Å². The number of hydrogen-bond acceptors (Lipinski definition) is 3.